The number of hydrogen-bond donors (Lipinski definition) is 1. The van der Waals surface area contributed by atoms with Gasteiger partial charge in [0.05, 0.1) is 20.7 Å². The van der Waals surface area contributed by atoms with E-state index in [4.69, 9.17) is 4.99 Å². The lowest BCUT2D eigenvalue weighted by Gasteiger charge is -2.30. The molecule has 168 valence electrons. The fraction of sp³-hybridized carbons (Fsp3) is 0.111. The first-order chi connectivity index (χ1) is 16.5. The summed E-state index contributed by atoms with van der Waals surface area (Å²) in [6.07, 6.45) is 3.66. The van der Waals surface area contributed by atoms with Gasteiger partial charge in [0.1, 0.15) is 5.75 Å². The molecule has 0 spiro atoms. The van der Waals surface area contributed by atoms with Gasteiger partial charge in [0.2, 0.25) is 0 Å². The summed E-state index contributed by atoms with van der Waals surface area (Å²) >= 11 is 8.30. The lowest BCUT2D eigenvalue weighted by Crippen LogP contribution is -2.38. The maximum atomic E-state index is 13.7. The van der Waals surface area contributed by atoms with Crippen LogP contribution in [0.4, 0.5) is 0 Å². The molecule has 0 fully saturated rings. The summed E-state index contributed by atoms with van der Waals surface area (Å²) < 4.78 is 4.06. The smallest absolute Gasteiger partial charge is 0.271 e. The van der Waals surface area contributed by atoms with Crippen LogP contribution < -0.4 is 14.9 Å². The zero-order valence-corrected chi connectivity index (χ0v) is 21.8. The zero-order chi connectivity index (χ0) is 23.4. The molecule has 34 heavy (non-hydrogen) atoms. The molecule has 4 nitrogen and oxygen atoms in total. The third kappa shape index (κ3) is 3.63. The van der Waals surface area contributed by atoms with Gasteiger partial charge in [-0.2, -0.15) is 0 Å². The van der Waals surface area contributed by atoms with Gasteiger partial charge in [-0.15, -0.1) is 0 Å². The Labute approximate surface area is 216 Å². The molecule has 2 heterocycles. The average Bonchev–Trinajstić information content (AvgIpc) is 3.15. The number of hydrogen-bond acceptors (Lipinski definition) is 4. The number of aromatic hydroxyl groups is 1. The summed E-state index contributed by atoms with van der Waals surface area (Å²) in [5.74, 6) is 0.167. The Morgan fingerprint density at radius 3 is 2.62 bits per heavy atom. The van der Waals surface area contributed by atoms with E-state index >= 15 is 0 Å². The van der Waals surface area contributed by atoms with E-state index < -0.39 is 0 Å². The van der Waals surface area contributed by atoms with Crippen molar-refractivity contribution >= 4 is 55.0 Å². The molecule has 1 N–H and O–H groups in total. The van der Waals surface area contributed by atoms with Crippen LogP contribution >= 0.6 is 43.2 Å². The van der Waals surface area contributed by atoms with Gasteiger partial charge in [-0.3, -0.25) is 9.36 Å². The van der Waals surface area contributed by atoms with Crippen LogP contribution in [0.5, 0.6) is 5.75 Å². The van der Waals surface area contributed by atoms with E-state index in [0.717, 1.165) is 39.7 Å². The van der Waals surface area contributed by atoms with Gasteiger partial charge in [0.25, 0.3) is 5.56 Å². The molecule has 0 saturated carbocycles. The second-order valence-corrected chi connectivity index (χ2v) is 11.2. The van der Waals surface area contributed by atoms with Gasteiger partial charge in [0, 0.05) is 10.0 Å². The predicted molar refractivity (Wildman–Crippen MR) is 143 cm³/mol. The Bertz CT molecular complexity index is 1670. The molecule has 0 amide bonds. The quantitative estimate of drug-likeness (QED) is 0.331. The molecule has 1 atom stereocenters. The zero-order valence-electron chi connectivity index (χ0n) is 17.8. The van der Waals surface area contributed by atoms with Crippen LogP contribution in [0.15, 0.2) is 91.0 Å². The number of nitrogens with zero attached hydrogens (tertiary/aromatic N) is 2. The number of benzene rings is 3. The first-order valence-electron chi connectivity index (χ1n) is 10.9. The van der Waals surface area contributed by atoms with Gasteiger partial charge in [-0.25, -0.2) is 4.99 Å². The van der Waals surface area contributed by atoms with Crippen LogP contribution in [-0.2, 0) is 6.42 Å². The minimum absolute atomic E-state index is 0.0497. The van der Waals surface area contributed by atoms with Crippen molar-refractivity contribution in [2.75, 3.05) is 0 Å². The molecule has 0 bridgehead atoms. The van der Waals surface area contributed by atoms with Crippen molar-refractivity contribution in [1.29, 1.82) is 0 Å². The number of phenols is 1. The molecule has 2 aliphatic rings. The first kappa shape index (κ1) is 21.8. The van der Waals surface area contributed by atoms with Crippen molar-refractivity contribution in [2.24, 2.45) is 4.99 Å². The van der Waals surface area contributed by atoms with E-state index in [2.05, 4.69) is 68.3 Å². The predicted octanol–water partition coefficient (Wildman–Crippen LogP) is 5.55. The van der Waals surface area contributed by atoms with Crippen LogP contribution in [-0.4, -0.2) is 9.67 Å². The first-order valence-corrected chi connectivity index (χ1v) is 13.3. The highest BCUT2D eigenvalue weighted by Crippen LogP contribution is 2.41. The number of thiazole rings is 1. The van der Waals surface area contributed by atoms with Crippen molar-refractivity contribution in [3.63, 3.8) is 0 Å². The summed E-state index contributed by atoms with van der Waals surface area (Å²) in [5.41, 5.74) is 6.50. The topological polar surface area (TPSA) is 54.6 Å². The summed E-state index contributed by atoms with van der Waals surface area (Å²) in [5, 5.41) is 9.83. The Morgan fingerprint density at radius 2 is 1.82 bits per heavy atom. The second-order valence-electron chi connectivity index (χ2n) is 8.38. The number of rotatable bonds is 2. The average molecular weight is 594 g/mol. The summed E-state index contributed by atoms with van der Waals surface area (Å²) in [6, 6.07) is 21.7. The van der Waals surface area contributed by atoms with Gasteiger partial charge in [-0.1, -0.05) is 69.7 Å². The Kier molecular flexibility index (Phi) is 5.43. The van der Waals surface area contributed by atoms with Crippen LogP contribution in [0.25, 0.3) is 11.8 Å². The number of allylic oxidation sites excluding steroid dienone is 1. The molecule has 1 aromatic heterocycles. The Morgan fingerprint density at radius 1 is 1.03 bits per heavy atom. The molecule has 0 radical (unpaired) electrons. The number of phenolic OH excluding ortho intramolecular Hbond substituents is 1. The van der Waals surface area contributed by atoms with Crippen LogP contribution in [0.3, 0.4) is 0 Å². The van der Waals surface area contributed by atoms with Gasteiger partial charge >= 0.3 is 0 Å². The largest absolute Gasteiger partial charge is 0.507 e. The van der Waals surface area contributed by atoms with Gasteiger partial charge in [0.15, 0.2) is 4.80 Å². The third-order valence-corrected chi connectivity index (χ3v) is 8.47. The van der Waals surface area contributed by atoms with E-state index in [1.807, 2.05) is 22.8 Å². The van der Waals surface area contributed by atoms with E-state index in [1.54, 1.807) is 18.2 Å². The Balaban J connectivity index is 1.62. The highest BCUT2D eigenvalue weighted by atomic mass is 79.9. The number of fused-ring (bicyclic) bond motifs is 3. The Hall–Kier alpha value is -2.74. The second kappa shape index (κ2) is 8.48. The highest BCUT2D eigenvalue weighted by molar-refractivity contribution is 9.10. The molecule has 4 aromatic rings. The van der Waals surface area contributed by atoms with Gasteiger partial charge < -0.3 is 5.11 Å². The summed E-state index contributed by atoms with van der Waals surface area (Å²) in [6.45, 7) is 0. The molecule has 0 unspecified atom stereocenters. The SMILES string of the molecule is O=c1/c(=C/c2ccc(O)c(Br)c2)sc2n1[C@@H](c1ccc(Br)cc1)C1=C(N=2)c2ccccc2CC1. The monoisotopic (exact) mass is 592 g/mol. The van der Waals surface area contributed by atoms with Gasteiger partial charge in [-0.05, 0) is 81.4 Å². The maximum Gasteiger partial charge on any atom is 0.271 e. The van der Waals surface area contributed by atoms with Crippen molar-refractivity contribution in [3.05, 3.63) is 123 Å². The van der Waals surface area contributed by atoms with Crippen molar-refractivity contribution < 1.29 is 5.11 Å². The fourth-order valence-electron chi connectivity index (χ4n) is 4.73. The lowest BCUT2D eigenvalue weighted by molar-refractivity contribution is 0.472. The van der Waals surface area contributed by atoms with E-state index in [9.17, 15) is 9.90 Å². The maximum absolute atomic E-state index is 13.7. The molecule has 0 saturated heterocycles. The van der Waals surface area contributed by atoms with Crippen LogP contribution in [0.1, 0.15) is 34.7 Å². The number of aromatic nitrogens is 1. The van der Waals surface area contributed by atoms with Crippen LogP contribution in [0, 0.1) is 0 Å². The molecule has 7 heteroatoms. The number of halogens is 2. The molecular weight excluding hydrogens is 576 g/mol. The van der Waals surface area contributed by atoms with E-state index in [0.29, 0.717) is 13.8 Å². The van der Waals surface area contributed by atoms with E-state index in [1.165, 1.54) is 22.5 Å². The number of aryl methyl sites for hydroxylation is 1. The highest BCUT2D eigenvalue weighted by Gasteiger charge is 2.32. The van der Waals surface area contributed by atoms with Crippen molar-refractivity contribution in [3.8, 4) is 5.75 Å². The van der Waals surface area contributed by atoms with Crippen molar-refractivity contribution in [2.45, 2.75) is 18.9 Å². The summed E-state index contributed by atoms with van der Waals surface area (Å²) in [4.78, 5) is 19.5. The lowest BCUT2D eigenvalue weighted by atomic mass is 9.83. The molecular formula is C27H18Br2N2O2S. The molecule has 6 rings (SSSR count). The molecule has 1 aliphatic heterocycles. The fourth-order valence-corrected chi connectivity index (χ4v) is 6.39. The molecule has 3 aromatic carbocycles. The third-order valence-electron chi connectivity index (χ3n) is 6.33. The summed E-state index contributed by atoms with van der Waals surface area (Å²) in [7, 11) is 0. The minimum atomic E-state index is -0.193. The van der Waals surface area contributed by atoms with Crippen molar-refractivity contribution in [1.82, 2.24) is 4.57 Å². The normalized spacial score (nSPS) is 17.1. The minimum Gasteiger partial charge on any atom is -0.507 e. The standard InChI is InChI=1S/C27H18Br2N2O2S/c28-18-9-6-17(7-10-18)25-20-11-8-16-3-1-2-4-19(16)24(20)30-27-31(25)26(33)23(34-27)14-15-5-12-22(32)21(29)13-15/h1-7,9-10,12-14,25,32H,8,11H2/b23-14-/t25-/m0/s1. The van der Waals surface area contributed by atoms with Crippen LogP contribution in [0.2, 0.25) is 0 Å². The van der Waals surface area contributed by atoms with E-state index in [-0.39, 0.29) is 17.4 Å². The molecule has 1 aliphatic carbocycles.